The molecule has 1 saturated heterocycles. The van der Waals surface area contributed by atoms with Crippen LogP contribution in [0, 0.1) is 6.92 Å². The molecule has 0 unspecified atom stereocenters. The second-order valence-electron chi connectivity index (χ2n) is 6.28. The van der Waals surface area contributed by atoms with Crippen LogP contribution in [-0.4, -0.2) is 54.4 Å². The Labute approximate surface area is 161 Å². The lowest BCUT2D eigenvalue weighted by Crippen LogP contribution is -2.51. The molecule has 0 saturated carbocycles. The van der Waals surface area contributed by atoms with E-state index >= 15 is 0 Å². The largest absolute Gasteiger partial charge is 0.484 e. The first kappa shape index (κ1) is 18.5. The normalized spacial score (nSPS) is 14.2. The van der Waals surface area contributed by atoms with Gasteiger partial charge in [0.2, 0.25) is 0 Å². The van der Waals surface area contributed by atoms with Gasteiger partial charge in [-0.25, -0.2) is 0 Å². The Kier molecular flexibility index (Phi) is 5.93. The minimum absolute atomic E-state index is 0.000467. The number of ether oxygens (including phenoxy) is 1. The fourth-order valence-corrected chi connectivity index (χ4v) is 3.07. The van der Waals surface area contributed by atoms with Crippen molar-refractivity contribution in [3.05, 3.63) is 64.1 Å². The average Bonchev–Trinajstić information content (AvgIpc) is 2.67. The number of nitrogens with zero attached hydrogens (tertiary/aromatic N) is 2. The molecule has 136 valence electrons. The molecule has 1 aliphatic heterocycles. The summed E-state index contributed by atoms with van der Waals surface area (Å²) in [5.41, 5.74) is 1.81. The summed E-state index contributed by atoms with van der Waals surface area (Å²) in [5, 5.41) is 0. The molecule has 0 atom stereocenters. The van der Waals surface area contributed by atoms with Crippen molar-refractivity contribution in [1.29, 1.82) is 0 Å². The van der Waals surface area contributed by atoms with Crippen LogP contribution in [-0.2, 0) is 4.79 Å². The smallest absolute Gasteiger partial charge is 0.260 e. The first-order chi connectivity index (χ1) is 12.5. The lowest BCUT2D eigenvalue weighted by Gasteiger charge is -2.34. The van der Waals surface area contributed by atoms with Crippen molar-refractivity contribution in [3.8, 4) is 5.75 Å². The van der Waals surface area contributed by atoms with E-state index in [9.17, 15) is 9.59 Å². The van der Waals surface area contributed by atoms with Crippen LogP contribution in [0.1, 0.15) is 15.9 Å². The van der Waals surface area contributed by atoms with Crippen LogP contribution >= 0.6 is 15.9 Å². The van der Waals surface area contributed by atoms with Gasteiger partial charge in [-0.15, -0.1) is 0 Å². The van der Waals surface area contributed by atoms with E-state index in [2.05, 4.69) is 15.9 Å². The van der Waals surface area contributed by atoms with E-state index in [0.29, 0.717) is 37.5 Å². The van der Waals surface area contributed by atoms with E-state index in [1.807, 2.05) is 43.3 Å². The van der Waals surface area contributed by atoms with Gasteiger partial charge in [0, 0.05) is 36.2 Å². The van der Waals surface area contributed by atoms with Gasteiger partial charge in [0.1, 0.15) is 5.75 Å². The molecule has 1 aliphatic rings. The van der Waals surface area contributed by atoms with Gasteiger partial charge in [0.15, 0.2) is 6.61 Å². The van der Waals surface area contributed by atoms with E-state index in [1.54, 1.807) is 21.9 Å². The van der Waals surface area contributed by atoms with Crippen LogP contribution < -0.4 is 4.74 Å². The van der Waals surface area contributed by atoms with Gasteiger partial charge in [-0.2, -0.15) is 0 Å². The maximum absolute atomic E-state index is 12.5. The summed E-state index contributed by atoms with van der Waals surface area (Å²) >= 11 is 3.37. The second-order valence-corrected chi connectivity index (χ2v) is 7.20. The van der Waals surface area contributed by atoms with Crippen LogP contribution in [0.15, 0.2) is 53.0 Å². The van der Waals surface area contributed by atoms with E-state index < -0.39 is 0 Å². The predicted octanol–water partition coefficient (Wildman–Crippen LogP) is 3.12. The fraction of sp³-hybridized carbons (Fsp3) is 0.300. The van der Waals surface area contributed by atoms with E-state index in [1.165, 1.54) is 0 Å². The maximum Gasteiger partial charge on any atom is 0.260 e. The van der Waals surface area contributed by atoms with Crippen LogP contribution in [0.4, 0.5) is 0 Å². The standard InChI is InChI=1S/C20H21BrN2O3/c1-15-2-8-18(9-3-15)26-14-19(24)22-10-12-23(13-11-22)20(25)16-4-6-17(21)7-5-16/h2-9H,10-14H2,1H3. The first-order valence-corrected chi connectivity index (χ1v) is 9.34. The lowest BCUT2D eigenvalue weighted by molar-refractivity contribution is -0.134. The highest BCUT2D eigenvalue weighted by molar-refractivity contribution is 9.10. The SMILES string of the molecule is Cc1ccc(OCC(=O)N2CCN(C(=O)c3ccc(Br)cc3)CC2)cc1. The molecule has 0 aromatic heterocycles. The van der Waals surface area contributed by atoms with E-state index in [0.717, 1.165) is 10.0 Å². The van der Waals surface area contributed by atoms with Crippen molar-refractivity contribution in [3.63, 3.8) is 0 Å². The average molecular weight is 417 g/mol. The van der Waals surface area contributed by atoms with Gasteiger partial charge in [-0.3, -0.25) is 9.59 Å². The van der Waals surface area contributed by atoms with Crippen LogP contribution in [0.3, 0.4) is 0 Å². The zero-order valence-electron chi connectivity index (χ0n) is 14.7. The fourth-order valence-electron chi connectivity index (χ4n) is 2.80. The Balaban J connectivity index is 1.48. The van der Waals surface area contributed by atoms with E-state index in [4.69, 9.17) is 4.74 Å². The number of aryl methyl sites for hydroxylation is 1. The number of amides is 2. The Hall–Kier alpha value is -2.34. The summed E-state index contributed by atoms with van der Waals surface area (Å²) in [5.74, 6) is 0.634. The highest BCUT2D eigenvalue weighted by Gasteiger charge is 2.25. The van der Waals surface area contributed by atoms with Crippen LogP contribution in [0.2, 0.25) is 0 Å². The minimum atomic E-state index is -0.0543. The van der Waals surface area contributed by atoms with Gasteiger partial charge in [0.25, 0.3) is 11.8 Å². The summed E-state index contributed by atoms with van der Waals surface area (Å²) in [6.45, 7) is 4.14. The molecule has 1 heterocycles. The summed E-state index contributed by atoms with van der Waals surface area (Å²) in [6.07, 6.45) is 0. The predicted molar refractivity (Wildman–Crippen MR) is 103 cm³/mol. The first-order valence-electron chi connectivity index (χ1n) is 8.55. The molecule has 3 rings (SSSR count). The van der Waals surface area contributed by atoms with Crippen molar-refractivity contribution in [1.82, 2.24) is 9.80 Å². The Morgan fingerprint density at radius 3 is 2.12 bits per heavy atom. The highest BCUT2D eigenvalue weighted by Crippen LogP contribution is 2.14. The van der Waals surface area contributed by atoms with Crippen LogP contribution in [0.5, 0.6) is 5.75 Å². The number of piperazine rings is 1. The van der Waals surface area contributed by atoms with E-state index in [-0.39, 0.29) is 18.4 Å². The summed E-state index contributed by atoms with van der Waals surface area (Å²) in [6, 6.07) is 14.9. The Morgan fingerprint density at radius 1 is 0.923 bits per heavy atom. The summed E-state index contributed by atoms with van der Waals surface area (Å²) < 4.78 is 6.50. The van der Waals surface area contributed by atoms with Crippen LogP contribution in [0.25, 0.3) is 0 Å². The van der Waals surface area contributed by atoms with Gasteiger partial charge in [-0.05, 0) is 43.3 Å². The third kappa shape index (κ3) is 4.64. The quantitative estimate of drug-likeness (QED) is 0.768. The third-order valence-electron chi connectivity index (χ3n) is 4.39. The molecular weight excluding hydrogens is 396 g/mol. The molecule has 2 amide bonds. The van der Waals surface area contributed by atoms with Gasteiger partial charge < -0.3 is 14.5 Å². The Morgan fingerprint density at radius 2 is 1.50 bits per heavy atom. The molecule has 2 aromatic carbocycles. The number of hydrogen-bond acceptors (Lipinski definition) is 3. The van der Waals surface area contributed by atoms with Crippen molar-refractivity contribution >= 4 is 27.7 Å². The molecule has 0 spiro atoms. The number of carbonyl (C=O) groups excluding carboxylic acids is 2. The third-order valence-corrected chi connectivity index (χ3v) is 4.92. The van der Waals surface area contributed by atoms with Crippen molar-refractivity contribution in [2.24, 2.45) is 0 Å². The van der Waals surface area contributed by atoms with Gasteiger partial charge >= 0.3 is 0 Å². The number of carbonyl (C=O) groups is 2. The molecule has 0 radical (unpaired) electrons. The molecular formula is C20H21BrN2O3. The van der Waals surface area contributed by atoms with Crippen molar-refractivity contribution < 1.29 is 14.3 Å². The maximum atomic E-state index is 12.5. The summed E-state index contributed by atoms with van der Waals surface area (Å²) in [4.78, 5) is 28.4. The summed E-state index contributed by atoms with van der Waals surface area (Å²) in [7, 11) is 0. The monoisotopic (exact) mass is 416 g/mol. The minimum Gasteiger partial charge on any atom is -0.484 e. The van der Waals surface area contributed by atoms with Crippen molar-refractivity contribution in [2.45, 2.75) is 6.92 Å². The van der Waals surface area contributed by atoms with Gasteiger partial charge in [-0.1, -0.05) is 33.6 Å². The molecule has 2 aromatic rings. The number of halogens is 1. The number of rotatable bonds is 4. The number of benzene rings is 2. The molecule has 26 heavy (non-hydrogen) atoms. The highest BCUT2D eigenvalue weighted by atomic mass is 79.9. The topological polar surface area (TPSA) is 49.9 Å². The zero-order chi connectivity index (χ0) is 18.5. The molecule has 0 N–H and O–H groups in total. The van der Waals surface area contributed by atoms with Crippen molar-refractivity contribution in [2.75, 3.05) is 32.8 Å². The molecule has 0 aliphatic carbocycles. The molecule has 5 nitrogen and oxygen atoms in total. The van der Waals surface area contributed by atoms with Gasteiger partial charge in [0.05, 0.1) is 0 Å². The number of hydrogen-bond donors (Lipinski definition) is 0. The molecule has 0 bridgehead atoms. The second kappa shape index (κ2) is 8.36. The molecule has 1 fully saturated rings. The molecule has 6 heteroatoms. The zero-order valence-corrected chi connectivity index (χ0v) is 16.2. The Bertz CT molecular complexity index is 767. The lowest BCUT2D eigenvalue weighted by atomic mass is 10.2.